The molecule has 0 spiro atoms. The molecular formula is C16H30O11. The summed E-state index contributed by atoms with van der Waals surface area (Å²) in [5.41, 5.74) is 0. The molecule has 0 aliphatic carbocycles. The van der Waals surface area contributed by atoms with E-state index in [1.165, 1.54) is 7.11 Å². The molecule has 0 aromatic carbocycles. The van der Waals surface area contributed by atoms with Crippen molar-refractivity contribution in [1.29, 1.82) is 0 Å². The van der Waals surface area contributed by atoms with Gasteiger partial charge in [-0.15, -0.1) is 0 Å². The standard InChI is InChI=1S/C16H30O11/c1-6(2)24-15-11(21)10(20)13(8(5-18)26-15)27-16-12(22)14(23-3)9(19)7(4-17)25-16/h6-22H,4-5H2,1-3H3/t7?,8?,9-,10+,11?,12?,13+,14-,15+,16-/m0/s1. The minimum atomic E-state index is -1.52. The van der Waals surface area contributed by atoms with Crippen molar-refractivity contribution < 1.29 is 54.3 Å². The zero-order valence-corrected chi connectivity index (χ0v) is 15.5. The summed E-state index contributed by atoms with van der Waals surface area (Å²) in [6.45, 7) is 2.32. The van der Waals surface area contributed by atoms with Gasteiger partial charge in [-0.2, -0.15) is 0 Å². The van der Waals surface area contributed by atoms with Gasteiger partial charge in [0, 0.05) is 7.11 Å². The maximum Gasteiger partial charge on any atom is 0.187 e. The van der Waals surface area contributed by atoms with Crippen molar-refractivity contribution in [3.8, 4) is 0 Å². The molecule has 2 aliphatic rings. The first-order chi connectivity index (χ1) is 12.7. The summed E-state index contributed by atoms with van der Waals surface area (Å²) >= 11 is 0. The molecule has 0 saturated carbocycles. The van der Waals surface area contributed by atoms with E-state index >= 15 is 0 Å². The molecule has 0 aromatic heterocycles. The Bertz CT molecular complexity index is 448. The predicted octanol–water partition coefficient (Wildman–Crippen LogP) is -3.31. The summed E-state index contributed by atoms with van der Waals surface area (Å²) < 4.78 is 26.8. The number of hydrogen-bond donors (Lipinski definition) is 6. The van der Waals surface area contributed by atoms with E-state index in [1.807, 2.05) is 0 Å². The SMILES string of the molecule is CO[C@@H]1C(O)[C@H](O[C@@H]2C(CO)O[C@@H](OC(C)C)C(O)[C@H]2O)OC(CO)[C@@H]1O. The Morgan fingerprint density at radius 1 is 0.778 bits per heavy atom. The second-order valence-electron chi connectivity index (χ2n) is 6.90. The summed E-state index contributed by atoms with van der Waals surface area (Å²) in [7, 11) is 1.26. The Morgan fingerprint density at radius 3 is 1.89 bits per heavy atom. The van der Waals surface area contributed by atoms with Crippen LogP contribution in [0.3, 0.4) is 0 Å². The summed E-state index contributed by atoms with van der Waals surface area (Å²) in [6, 6.07) is 0. The smallest absolute Gasteiger partial charge is 0.187 e. The van der Waals surface area contributed by atoms with Gasteiger partial charge in [-0.1, -0.05) is 0 Å². The maximum absolute atomic E-state index is 10.4. The number of aliphatic hydroxyl groups excluding tert-OH is 6. The van der Waals surface area contributed by atoms with E-state index in [4.69, 9.17) is 23.7 Å². The van der Waals surface area contributed by atoms with Gasteiger partial charge in [0.25, 0.3) is 0 Å². The lowest BCUT2D eigenvalue weighted by atomic mass is 9.97. The molecule has 2 fully saturated rings. The van der Waals surface area contributed by atoms with E-state index < -0.39 is 74.6 Å². The zero-order valence-electron chi connectivity index (χ0n) is 15.5. The van der Waals surface area contributed by atoms with Crippen molar-refractivity contribution in [2.45, 2.75) is 81.4 Å². The van der Waals surface area contributed by atoms with Crippen molar-refractivity contribution in [3.05, 3.63) is 0 Å². The average Bonchev–Trinajstić information content (AvgIpc) is 2.63. The minimum Gasteiger partial charge on any atom is -0.394 e. The largest absolute Gasteiger partial charge is 0.394 e. The fourth-order valence-corrected chi connectivity index (χ4v) is 3.20. The van der Waals surface area contributed by atoms with Gasteiger partial charge >= 0.3 is 0 Å². The zero-order chi connectivity index (χ0) is 20.3. The molecule has 10 atom stereocenters. The molecule has 0 bridgehead atoms. The molecule has 11 nitrogen and oxygen atoms in total. The fourth-order valence-electron chi connectivity index (χ4n) is 3.20. The molecule has 0 amide bonds. The molecular weight excluding hydrogens is 368 g/mol. The molecule has 2 saturated heterocycles. The highest BCUT2D eigenvalue weighted by molar-refractivity contribution is 4.94. The molecule has 160 valence electrons. The second kappa shape index (κ2) is 9.85. The number of aliphatic hydroxyl groups is 6. The number of ether oxygens (including phenoxy) is 5. The predicted molar refractivity (Wildman–Crippen MR) is 87.4 cm³/mol. The Kier molecular flexibility index (Phi) is 8.34. The molecule has 0 aromatic rings. The van der Waals surface area contributed by atoms with Crippen LogP contribution in [0.1, 0.15) is 13.8 Å². The first-order valence-electron chi connectivity index (χ1n) is 8.83. The Labute approximate surface area is 157 Å². The van der Waals surface area contributed by atoms with Crippen molar-refractivity contribution in [1.82, 2.24) is 0 Å². The van der Waals surface area contributed by atoms with Gasteiger partial charge in [-0.05, 0) is 13.8 Å². The third kappa shape index (κ3) is 4.95. The van der Waals surface area contributed by atoms with Crippen LogP contribution in [0, 0.1) is 0 Å². The molecule has 11 heteroatoms. The number of rotatable bonds is 7. The lowest BCUT2D eigenvalue weighted by molar-refractivity contribution is -0.362. The lowest BCUT2D eigenvalue weighted by Crippen LogP contribution is -2.65. The topological polar surface area (TPSA) is 168 Å². The fraction of sp³-hybridized carbons (Fsp3) is 1.00. The average molecular weight is 398 g/mol. The summed E-state index contributed by atoms with van der Waals surface area (Å²) in [4.78, 5) is 0. The van der Waals surface area contributed by atoms with Crippen LogP contribution < -0.4 is 0 Å². The highest BCUT2D eigenvalue weighted by atomic mass is 16.7. The summed E-state index contributed by atoms with van der Waals surface area (Å²) in [6.07, 6.45) is -13.2. The molecule has 27 heavy (non-hydrogen) atoms. The van der Waals surface area contributed by atoms with E-state index in [9.17, 15) is 30.6 Å². The third-order valence-corrected chi connectivity index (χ3v) is 4.61. The molecule has 2 aliphatic heterocycles. The molecule has 4 unspecified atom stereocenters. The molecule has 2 rings (SSSR count). The molecule has 2 heterocycles. The summed E-state index contributed by atoms with van der Waals surface area (Å²) in [5.74, 6) is 0. The number of hydrogen-bond acceptors (Lipinski definition) is 11. The van der Waals surface area contributed by atoms with Crippen LogP contribution in [0.15, 0.2) is 0 Å². The van der Waals surface area contributed by atoms with E-state index in [1.54, 1.807) is 13.8 Å². The van der Waals surface area contributed by atoms with E-state index in [-0.39, 0.29) is 6.10 Å². The third-order valence-electron chi connectivity index (χ3n) is 4.61. The highest BCUT2D eigenvalue weighted by Gasteiger charge is 2.51. The Hall–Kier alpha value is -0.440. The van der Waals surface area contributed by atoms with Crippen LogP contribution in [0.5, 0.6) is 0 Å². The van der Waals surface area contributed by atoms with Gasteiger partial charge in [0.1, 0.15) is 48.8 Å². The normalized spacial score (nSPS) is 46.0. The Balaban J connectivity index is 2.14. The first kappa shape index (κ1) is 22.8. The molecule has 6 N–H and O–H groups in total. The van der Waals surface area contributed by atoms with Crippen molar-refractivity contribution in [2.24, 2.45) is 0 Å². The Morgan fingerprint density at radius 2 is 1.37 bits per heavy atom. The van der Waals surface area contributed by atoms with Crippen LogP contribution in [-0.2, 0) is 23.7 Å². The number of methoxy groups -OCH3 is 1. The van der Waals surface area contributed by atoms with E-state index in [0.29, 0.717) is 0 Å². The van der Waals surface area contributed by atoms with Gasteiger partial charge in [-0.3, -0.25) is 0 Å². The highest BCUT2D eigenvalue weighted by Crippen LogP contribution is 2.30. The van der Waals surface area contributed by atoms with Crippen molar-refractivity contribution in [2.75, 3.05) is 20.3 Å². The lowest BCUT2D eigenvalue weighted by Gasteiger charge is -2.46. The van der Waals surface area contributed by atoms with Gasteiger partial charge in [0.05, 0.1) is 19.3 Å². The van der Waals surface area contributed by atoms with Crippen LogP contribution in [0.4, 0.5) is 0 Å². The van der Waals surface area contributed by atoms with E-state index in [2.05, 4.69) is 0 Å². The quantitative estimate of drug-likeness (QED) is 0.254. The van der Waals surface area contributed by atoms with Crippen LogP contribution in [-0.4, -0.2) is 118 Å². The van der Waals surface area contributed by atoms with Gasteiger partial charge in [-0.25, -0.2) is 0 Å². The van der Waals surface area contributed by atoms with Crippen LogP contribution in [0.2, 0.25) is 0 Å². The van der Waals surface area contributed by atoms with Crippen LogP contribution in [0.25, 0.3) is 0 Å². The van der Waals surface area contributed by atoms with Gasteiger partial charge in [0.15, 0.2) is 12.6 Å². The summed E-state index contributed by atoms with van der Waals surface area (Å²) in [5, 5.41) is 60.0. The first-order valence-corrected chi connectivity index (χ1v) is 8.83. The van der Waals surface area contributed by atoms with Gasteiger partial charge < -0.3 is 54.3 Å². The van der Waals surface area contributed by atoms with E-state index in [0.717, 1.165) is 0 Å². The van der Waals surface area contributed by atoms with Gasteiger partial charge in [0.2, 0.25) is 0 Å². The van der Waals surface area contributed by atoms with Crippen molar-refractivity contribution in [3.63, 3.8) is 0 Å². The van der Waals surface area contributed by atoms with Crippen molar-refractivity contribution >= 4 is 0 Å². The van der Waals surface area contributed by atoms with Crippen LogP contribution >= 0.6 is 0 Å². The minimum absolute atomic E-state index is 0.300. The maximum atomic E-state index is 10.4. The molecule has 0 radical (unpaired) electrons. The second-order valence-corrected chi connectivity index (χ2v) is 6.90. The monoisotopic (exact) mass is 398 g/mol.